The van der Waals surface area contributed by atoms with E-state index in [0.29, 0.717) is 0 Å². The zero-order valence-electron chi connectivity index (χ0n) is 9.96. The Balaban J connectivity index is 3.38. The van der Waals surface area contributed by atoms with Crippen LogP contribution in [0.5, 0.6) is 0 Å². The number of benzene rings is 1. The summed E-state index contributed by atoms with van der Waals surface area (Å²) in [5.41, 5.74) is 6.32. The number of nitrogen functional groups attached to an aromatic ring is 1. The first-order valence-corrected chi connectivity index (χ1v) is 5.23. The van der Waals surface area contributed by atoms with Crippen LogP contribution in [0.25, 0.3) is 6.08 Å². The fourth-order valence-electron chi connectivity index (χ4n) is 1.69. The van der Waals surface area contributed by atoms with Gasteiger partial charge in [-0.05, 0) is 24.0 Å². The highest BCUT2D eigenvalue weighted by Crippen LogP contribution is 2.31. The largest absolute Gasteiger partial charge is 0.324 e. The van der Waals surface area contributed by atoms with Gasteiger partial charge in [-0.25, -0.2) is 0 Å². The van der Waals surface area contributed by atoms with Crippen LogP contribution >= 0.6 is 0 Å². The Bertz CT molecular complexity index is 359. The highest BCUT2D eigenvalue weighted by atomic mass is 15.2. The molecule has 0 saturated heterocycles. The molecule has 0 bridgehead atoms. The van der Waals surface area contributed by atoms with Crippen molar-refractivity contribution >= 4 is 11.8 Å². The lowest BCUT2D eigenvalue weighted by molar-refractivity contribution is 0.589. The number of nitrogens with one attached hydrogen (secondary N) is 1. The Morgan fingerprint density at radius 2 is 1.93 bits per heavy atom. The third kappa shape index (κ3) is 2.60. The maximum absolute atomic E-state index is 5.51. The molecule has 0 aliphatic rings. The molecule has 1 aromatic rings. The van der Waals surface area contributed by atoms with Crippen molar-refractivity contribution in [3.05, 3.63) is 35.4 Å². The van der Waals surface area contributed by atoms with Crippen LogP contribution in [0.3, 0.4) is 0 Å². The summed E-state index contributed by atoms with van der Waals surface area (Å²) in [7, 11) is 0. The van der Waals surface area contributed by atoms with Gasteiger partial charge >= 0.3 is 0 Å². The van der Waals surface area contributed by atoms with Gasteiger partial charge in [-0.3, -0.25) is 5.84 Å². The molecule has 0 aromatic heterocycles. The van der Waals surface area contributed by atoms with Gasteiger partial charge in [0.2, 0.25) is 0 Å². The summed E-state index contributed by atoms with van der Waals surface area (Å²) in [4.78, 5) is 0. The Kier molecular flexibility index (Phi) is 3.53. The van der Waals surface area contributed by atoms with Crippen LogP contribution in [-0.4, -0.2) is 0 Å². The second-order valence-electron chi connectivity index (χ2n) is 4.66. The fourth-order valence-corrected chi connectivity index (χ4v) is 1.69. The van der Waals surface area contributed by atoms with Crippen molar-refractivity contribution in [1.82, 2.24) is 0 Å². The Morgan fingerprint density at radius 1 is 1.27 bits per heavy atom. The van der Waals surface area contributed by atoms with Crippen LogP contribution in [0, 0.1) is 0 Å². The van der Waals surface area contributed by atoms with Gasteiger partial charge in [0, 0.05) is 5.56 Å². The summed E-state index contributed by atoms with van der Waals surface area (Å²) in [5, 5.41) is 0. The minimum Gasteiger partial charge on any atom is -0.324 e. The van der Waals surface area contributed by atoms with E-state index >= 15 is 0 Å². The summed E-state index contributed by atoms with van der Waals surface area (Å²) in [6.45, 7) is 8.63. The fraction of sp³-hybridized carbons (Fsp3) is 0.385. The van der Waals surface area contributed by atoms with Crippen LogP contribution in [0.4, 0.5) is 5.69 Å². The second kappa shape index (κ2) is 4.49. The summed E-state index contributed by atoms with van der Waals surface area (Å²) >= 11 is 0. The van der Waals surface area contributed by atoms with E-state index in [0.717, 1.165) is 5.69 Å². The van der Waals surface area contributed by atoms with Crippen molar-refractivity contribution < 1.29 is 0 Å². The predicted molar refractivity (Wildman–Crippen MR) is 67.7 cm³/mol. The summed E-state index contributed by atoms with van der Waals surface area (Å²) in [5.74, 6) is 5.51. The normalized spacial score (nSPS) is 12.1. The molecule has 0 heterocycles. The molecule has 0 radical (unpaired) electrons. The van der Waals surface area contributed by atoms with E-state index in [1.165, 1.54) is 11.1 Å². The Hall–Kier alpha value is -1.28. The average Bonchev–Trinajstić information content (AvgIpc) is 2.17. The van der Waals surface area contributed by atoms with Crippen LogP contribution in [0.1, 0.15) is 38.8 Å². The van der Waals surface area contributed by atoms with Gasteiger partial charge in [0.25, 0.3) is 0 Å². The SMILES string of the molecule is C/C=C\c1c(NN)cccc1C(C)(C)C. The smallest absolute Gasteiger partial charge is 0.0560 e. The zero-order chi connectivity index (χ0) is 11.5. The summed E-state index contributed by atoms with van der Waals surface area (Å²) in [6, 6.07) is 6.17. The molecule has 0 amide bonds. The number of anilines is 1. The van der Waals surface area contributed by atoms with E-state index in [-0.39, 0.29) is 5.41 Å². The topological polar surface area (TPSA) is 38.0 Å². The highest BCUT2D eigenvalue weighted by Gasteiger charge is 2.18. The molecular weight excluding hydrogens is 184 g/mol. The van der Waals surface area contributed by atoms with Gasteiger partial charge in [-0.15, -0.1) is 0 Å². The maximum Gasteiger partial charge on any atom is 0.0560 e. The molecule has 1 aromatic carbocycles. The molecule has 0 aliphatic carbocycles. The minimum atomic E-state index is 0.127. The van der Waals surface area contributed by atoms with E-state index < -0.39 is 0 Å². The molecule has 0 aliphatic heterocycles. The predicted octanol–water partition coefficient (Wildman–Crippen LogP) is 3.30. The third-order valence-corrected chi connectivity index (χ3v) is 2.40. The Labute approximate surface area is 92.2 Å². The monoisotopic (exact) mass is 204 g/mol. The van der Waals surface area contributed by atoms with E-state index in [4.69, 9.17) is 5.84 Å². The first-order valence-electron chi connectivity index (χ1n) is 5.23. The second-order valence-corrected chi connectivity index (χ2v) is 4.66. The standard InChI is InChI=1S/C13H20N2/c1-5-7-10-11(13(2,3)4)8-6-9-12(10)15-14/h5-9,15H,14H2,1-4H3/b7-5-. The molecule has 1 rings (SSSR count). The minimum absolute atomic E-state index is 0.127. The van der Waals surface area contributed by atoms with Crippen LogP contribution < -0.4 is 11.3 Å². The number of hydrogen-bond acceptors (Lipinski definition) is 2. The number of allylic oxidation sites excluding steroid dienone is 1. The number of rotatable bonds is 2. The summed E-state index contributed by atoms with van der Waals surface area (Å²) in [6.07, 6.45) is 4.13. The number of nitrogens with two attached hydrogens (primary N) is 1. The molecule has 15 heavy (non-hydrogen) atoms. The van der Waals surface area contributed by atoms with Crippen LogP contribution in [0.15, 0.2) is 24.3 Å². The summed E-state index contributed by atoms with van der Waals surface area (Å²) < 4.78 is 0. The zero-order valence-corrected chi connectivity index (χ0v) is 9.96. The van der Waals surface area contributed by atoms with Gasteiger partial charge in [0.05, 0.1) is 5.69 Å². The lowest BCUT2D eigenvalue weighted by atomic mass is 9.83. The van der Waals surface area contributed by atoms with Gasteiger partial charge in [-0.1, -0.05) is 45.1 Å². The first kappa shape index (κ1) is 11.8. The van der Waals surface area contributed by atoms with Crippen molar-refractivity contribution in [2.75, 3.05) is 5.43 Å². The molecule has 0 fully saturated rings. The molecule has 0 atom stereocenters. The lowest BCUT2D eigenvalue weighted by Crippen LogP contribution is -2.16. The molecule has 82 valence electrons. The highest BCUT2D eigenvalue weighted by molar-refractivity contribution is 5.70. The van der Waals surface area contributed by atoms with Crippen LogP contribution in [0.2, 0.25) is 0 Å². The van der Waals surface area contributed by atoms with Gasteiger partial charge < -0.3 is 5.43 Å². The van der Waals surface area contributed by atoms with Gasteiger partial charge in [-0.2, -0.15) is 0 Å². The lowest BCUT2D eigenvalue weighted by Gasteiger charge is -2.23. The molecule has 2 heteroatoms. The maximum atomic E-state index is 5.51. The molecular formula is C13H20N2. The molecule has 0 saturated carbocycles. The first-order chi connectivity index (χ1) is 7.00. The van der Waals surface area contributed by atoms with E-state index in [1.54, 1.807) is 0 Å². The molecule has 3 N–H and O–H groups in total. The van der Waals surface area contributed by atoms with Gasteiger partial charge in [0.1, 0.15) is 0 Å². The van der Waals surface area contributed by atoms with Crippen molar-refractivity contribution in [2.24, 2.45) is 5.84 Å². The average molecular weight is 204 g/mol. The molecule has 0 spiro atoms. The molecule has 0 unspecified atom stereocenters. The van der Waals surface area contributed by atoms with Crippen LogP contribution in [-0.2, 0) is 5.41 Å². The van der Waals surface area contributed by atoms with E-state index in [9.17, 15) is 0 Å². The van der Waals surface area contributed by atoms with E-state index in [1.807, 2.05) is 25.1 Å². The van der Waals surface area contributed by atoms with Crippen molar-refractivity contribution in [3.8, 4) is 0 Å². The molecule has 2 nitrogen and oxygen atoms in total. The Morgan fingerprint density at radius 3 is 2.40 bits per heavy atom. The van der Waals surface area contributed by atoms with Crippen molar-refractivity contribution in [1.29, 1.82) is 0 Å². The number of hydrazine groups is 1. The van der Waals surface area contributed by atoms with E-state index in [2.05, 4.69) is 38.3 Å². The third-order valence-electron chi connectivity index (χ3n) is 2.40. The quantitative estimate of drug-likeness (QED) is 0.573. The number of hydrogen-bond donors (Lipinski definition) is 2. The van der Waals surface area contributed by atoms with Crippen molar-refractivity contribution in [3.63, 3.8) is 0 Å². The van der Waals surface area contributed by atoms with Crippen molar-refractivity contribution in [2.45, 2.75) is 33.1 Å². The van der Waals surface area contributed by atoms with Gasteiger partial charge in [0.15, 0.2) is 0 Å².